The number of carbonyl (C=O) groups is 2. The lowest BCUT2D eigenvalue weighted by Gasteiger charge is -2.35. The molecule has 0 aliphatic carbocycles. The fourth-order valence-corrected chi connectivity index (χ4v) is 5.04. The minimum absolute atomic E-state index is 0.265. The largest absolute Gasteiger partial charge is 0.444 e. The molecule has 1 aliphatic heterocycles. The second-order valence-electron chi connectivity index (χ2n) is 10.7. The molecule has 3 aromatic carbocycles. The fraction of sp³-hybridized carbons (Fsp3) is 0.300. The predicted molar refractivity (Wildman–Crippen MR) is 157 cm³/mol. The number of amides is 2. The molecule has 2 heterocycles. The van der Waals surface area contributed by atoms with Crippen molar-refractivity contribution in [3.8, 4) is 11.5 Å². The number of hydrogen-bond acceptors (Lipinski definition) is 6. The van der Waals surface area contributed by atoms with Crippen molar-refractivity contribution in [2.45, 2.75) is 32.9 Å². The zero-order valence-electron chi connectivity index (χ0n) is 22.5. The van der Waals surface area contributed by atoms with Crippen LogP contribution in [0.3, 0.4) is 0 Å². The summed E-state index contributed by atoms with van der Waals surface area (Å²) in [7, 11) is 0. The smallest absolute Gasteiger partial charge is 0.410 e. The van der Waals surface area contributed by atoms with Crippen molar-refractivity contribution in [1.29, 1.82) is 0 Å². The number of anilines is 1. The third-order valence-corrected chi connectivity index (χ3v) is 7.05. The third-order valence-electron chi connectivity index (χ3n) is 6.50. The zero-order valence-corrected chi connectivity index (χ0v) is 24.1. The van der Waals surface area contributed by atoms with E-state index in [1.54, 1.807) is 23.1 Å². The van der Waals surface area contributed by atoms with Gasteiger partial charge < -0.3 is 19.4 Å². The number of nitrogens with zero attached hydrogens (tertiary/aromatic N) is 3. The summed E-state index contributed by atoms with van der Waals surface area (Å²) in [5.74, 6) is 0.0340. The average molecular weight is 582 g/mol. The van der Waals surface area contributed by atoms with Gasteiger partial charge >= 0.3 is 6.09 Å². The van der Waals surface area contributed by atoms with Gasteiger partial charge in [0.2, 0.25) is 5.89 Å². The van der Waals surface area contributed by atoms with Crippen molar-refractivity contribution < 1.29 is 18.7 Å². The highest BCUT2D eigenvalue weighted by molar-refractivity contribution is 6.37. The van der Waals surface area contributed by atoms with Crippen LogP contribution >= 0.6 is 23.2 Å². The maximum Gasteiger partial charge on any atom is 0.410 e. The SMILES string of the molecule is CC(C)(C)OC(=O)N1CCN(Cc2cccc3oc(-c4ccccc4NC(=O)c4ccc(Cl)cc4Cl)nc23)CC1. The normalized spacial score (nSPS) is 14.4. The maximum atomic E-state index is 13.0. The molecular formula is C30H30Cl2N4O4. The van der Waals surface area contributed by atoms with Crippen LogP contribution in [0.1, 0.15) is 36.7 Å². The van der Waals surface area contributed by atoms with Crippen molar-refractivity contribution >= 4 is 52.0 Å². The molecule has 0 radical (unpaired) electrons. The van der Waals surface area contributed by atoms with Crippen LogP contribution in [-0.4, -0.2) is 58.6 Å². The molecule has 0 saturated carbocycles. The van der Waals surface area contributed by atoms with Crippen LogP contribution in [-0.2, 0) is 11.3 Å². The molecule has 10 heteroatoms. The number of piperazine rings is 1. The van der Waals surface area contributed by atoms with Crippen molar-refractivity contribution in [2.24, 2.45) is 0 Å². The maximum absolute atomic E-state index is 13.0. The Labute approximate surface area is 242 Å². The first-order valence-corrected chi connectivity index (χ1v) is 13.8. The first-order chi connectivity index (χ1) is 19.1. The number of benzene rings is 3. The van der Waals surface area contributed by atoms with E-state index in [-0.39, 0.29) is 17.0 Å². The first kappa shape index (κ1) is 28.0. The lowest BCUT2D eigenvalue weighted by Crippen LogP contribution is -2.49. The van der Waals surface area contributed by atoms with Gasteiger partial charge in [-0.15, -0.1) is 0 Å². The molecule has 0 atom stereocenters. The van der Waals surface area contributed by atoms with Gasteiger partial charge in [0.05, 0.1) is 21.8 Å². The second-order valence-corrected chi connectivity index (χ2v) is 11.5. The summed E-state index contributed by atoms with van der Waals surface area (Å²) in [4.78, 5) is 34.3. The molecule has 0 unspecified atom stereocenters. The van der Waals surface area contributed by atoms with Crippen molar-refractivity contribution in [3.05, 3.63) is 81.8 Å². The van der Waals surface area contributed by atoms with E-state index in [2.05, 4.69) is 10.2 Å². The van der Waals surface area contributed by atoms with Gasteiger partial charge in [0.25, 0.3) is 5.91 Å². The molecule has 1 fully saturated rings. The van der Waals surface area contributed by atoms with Crippen molar-refractivity contribution in [2.75, 3.05) is 31.5 Å². The number of hydrogen-bond donors (Lipinski definition) is 1. The number of oxazole rings is 1. The van der Waals surface area contributed by atoms with Gasteiger partial charge in [0.15, 0.2) is 5.58 Å². The highest BCUT2D eigenvalue weighted by atomic mass is 35.5. The molecule has 4 aromatic rings. The summed E-state index contributed by atoms with van der Waals surface area (Å²) in [6.07, 6.45) is -0.278. The number of fused-ring (bicyclic) bond motifs is 1. The molecule has 8 nitrogen and oxygen atoms in total. The van der Waals surface area contributed by atoms with Crippen LogP contribution in [0.2, 0.25) is 10.0 Å². The summed E-state index contributed by atoms with van der Waals surface area (Å²) in [5.41, 5.74) is 3.42. The van der Waals surface area contributed by atoms with E-state index >= 15 is 0 Å². The molecule has 1 aliphatic rings. The van der Waals surface area contributed by atoms with Crippen LogP contribution in [0.15, 0.2) is 65.1 Å². The Hall–Kier alpha value is -3.59. The number of rotatable bonds is 5. The van der Waals surface area contributed by atoms with Gasteiger partial charge in [0.1, 0.15) is 11.1 Å². The number of carbonyl (C=O) groups excluding carboxylic acids is 2. The minimum Gasteiger partial charge on any atom is -0.444 e. The predicted octanol–water partition coefficient (Wildman–Crippen LogP) is 7.11. The summed E-state index contributed by atoms with van der Waals surface area (Å²) in [6, 6.07) is 17.9. The van der Waals surface area contributed by atoms with E-state index in [1.807, 2.05) is 57.2 Å². The molecule has 40 heavy (non-hydrogen) atoms. The van der Waals surface area contributed by atoms with Gasteiger partial charge in [-0.1, -0.05) is 47.5 Å². The molecule has 1 aromatic heterocycles. The van der Waals surface area contributed by atoms with Gasteiger partial charge in [-0.05, 0) is 62.7 Å². The van der Waals surface area contributed by atoms with Crippen LogP contribution in [0, 0.1) is 0 Å². The lowest BCUT2D eigenvalue weighted by atomic mass is 10.1. The number of aromatic nitrogens is 1. The molecular weight excluding hydrogens is 551 g/mol. The minimum atomic E-state index is -0.515. The van der Waals surface area contributed by atoms with Crippen molar-refractivity contribution in [1.82, 2.24) is 14.8 Å². The lowest BCUT2D eigenvalue weighted by molar-refractivity contribution is 0.0139. The molecule has 2 amide bonds. The molecule has 1 N–H and O–H groups in total. The monoisotopic (exact) mass is 580 g/mol. The zero-order chi connectivity index (χ0) is 28.4. The van der Waals surface area contributed by atoms with E-state index in [0.29, 0.717) is 52.9 Å². The van der Waals surface area contributed by atoms with Gasteiger partial charge in [-0.3, -0.25) is 9.69 Å². The van der Waals surface area contributed by atoms with E-state index in [4.69, 9.17) is 37.3 Å². The van der Waals surface area contributed by atoms with Gasteiger partial charge in [-0.2, -0.15) is 0 Å². The van der Waals surface area contributed by atoms with Gasteiger partial charge in [-0.25, -0.2) is 9.78 Å². The number of ether oxygens (including phenoxy) is 1. The fourth-order valence-electron chi connectivity index (χ4n) is 4.55. The molecule has 208 valence electrons. The quantitative estimate of drug-likeness (QED) is 0.270. The standard InChI is InChI=1S/C30H30Cl2N4O4/c1-30(2,3)40-29(38)36-15-13-35(14-16-36)18-19-7-6-10-25-26(19)34-28(39-25)22-8-4-5-9-24(22)33-27(37)21-12-11-20(31)17-23(21)32/h4-12,17H,13-16,18H2,1-3H3,(H,33,37). The highest BCUT2D eigenvalue weighted by Gasteiger charge is 2.26. The summed E-state index contributed by atoms with van der Waals surface area (Å²) < 4.78 is 11.7. The molecule has 0 spiro atoms. The Morgan fingerprint density at radius 2 is 1.75 bits per heavy atom. The topological polar surface area (TPSA) is 87.9 Å². The first-order valence-electron chi connectivity index (χ1n) is 13.0. The Bertz CT molecular complexity index is 1560. The Balaban J connectivity index is 1.32. The summed E-state index contributed by atoms with van der Waals surface area (Å²) in [6.45, 7) is 8.92. The van der Waals surface area contributed by atoms with E-state index < -0.39 is 5.60 Å². The van der Waals surface area contributed by atoms with Crippen LogP contribution in [0.4, 0.5) is 10.5 Å². The number of halogens is 2. The van der Waals surface area contributed by atoms with Crippen LogP contribution < -0.4 is 5.32 Å². The Morgan fingerprint density at radius 1 is 1.00 bits per heavy atom. The average Bonchev–Trinajstić information content (AvgIpc) is 3.33. The second kappa shape index (κ2) is 11.5. The number of nitrogens with one attached hydrogen (secondary N) is 1. The van der Waals surface area contributed by atoms with Crippen molar-refractivity contribution in [3.63, 3.8) is 0 Å². The van der Waals surface area contributed by atoms with E-state index in [0.717, 1.165) is 24.2 Å². The van der Waals surface area contributed by atoms with Crippen LogP contribution in [0.25, 0.3) is 22.6 Å². The Kier molecular flexibility index (Phi) is 8.03. The summed E-state index contributed by atoms with van der Waals surface area (Å²) in [5, 5.41) is 3.64. The Morgan fingerprint density at radius 3 is 2.48 bits per heavy atom. The summed E-state index contributed by atoms with van der Waals surface area (Å²) >= 11 is 12.2. The highest BCUT2D eigenvalue weighted by Crippen LogP contribution is 2.32. The van der Waals surface area contributed by atoms with Crippen LogP contribution in [0.5, 0.6) is 0 Å². The third kappa shape index (κ3) is 6.41. The van der Waals surface area contributed by atoms with E-state index in [9.17, 15) is 9.59 Å². The molecule has 5 rings (SSSR count). The van der Waals surface area contributed by atoms with E-state index in [1.165, 1.54) is 6.07 Å². The molecule has 1 saturated heterocycles. The van der Waals surface area contributed by atoms with Gasteiger partial charge in [0, 0.05) is 37.7 Å². The number of para-hydroxylation sites is 2. The molecule has 0 bridgehead atoms.